The van der Waals surface area contributed by atoms with Gasteiger partial charge in [-0.3, -0.25) is 9.59 Å². The van der Waals surface area contributed by atoms with Gasteiger partial charge >= 0.3 is 0 Å². The number of rotatable bonds is 6. The van der Waals surface area contributed by atoms with Crippen molar-refractivity contribution in [3.05, 3.63) is 0 Å². The second kappa shape index (κ2) is 7.23. The molecule has 2 N–H and O–H groups in total. The van der Waals surface area contributed by atoms with Crippen LogP contribution in [-0.2, 0) is 9.59 Å². The van der Waals surface area contributed by atoms with E-state index in [0.717, 1.165) is 0 Å². The zero-order chi connectivity index (χ0) is 11.8. The zero-order valence-electron chi connectivity index (χ0n) is 9.62. The van der Waals surface area contributed by atoms with Crippen LogP contribution in [0.3, 0.4) is 0 Å². The maximum Gasteiger partial charge on any atom is 0.244 e. The minimum absolute atomic E-state index is 0.00932. The highest BCUT2D eigenvalue weighted by Crippen LogP contribution is 1.94. The maximum absolute atomic E-state index is 11.5. The summed E-state index contributed by atoms with van der Waals surface area (Å²) in [4.78, 5) is 24.3. The van der Waals surface area contributed by atoms with Gasteiger partial charge in [0, 0.05) is 26.6 Å². The van der Waals surface area contributed by atoms with Gasteiger partial charge in [-0.05, 0) is 20.3 Å². The number of carbonyl (C=O) groups excluding carboxylic acids is 2. The molecule has 0 radical (unpaired) electrons. The number of carbonyl (C=O) groups is 2. The summed E-state index contributed by atoms with van der Waals surface area (Å²) in [5.41, 5.74) is 0. The lowest BCUT2D eigenvalue weighted by molar-refractivity contribution is -0.134. The summed E-state index contributed by atoms with van der Waals surface area (Å²) < 4.78 is 0. The first-order valence-corrected chi connectivity index (χ1v) is 5.18. The van der Waals surface area contributed by atoms with Gasteiger partial charge < -0.3 is 15.3 Å². The summed E-state index contributed by atoms with van der Waals surface area (Å²) in [5, 5.41) is 11.1. The molecule has 15 heavy (non-hydrogen) atoms. The molecule has 5 heteroatoms. The third kappa shape index (κ3) is 5.37. The van der Waals surface area contributed by atoms with E-state index >= 15 is 0 Å². The van der Waals surface area contributed by atoms with Crippen LogP contribution < -0.4 is 5.32 Å². The third-order valence-corrected chi connectivity index (χ3v) is 2.16. The average molecular weight is 216 g/mol. The van der Waals surface area contributed by atoms with Crippen LogP contribution in [0.5, 0.6) is 0 Å². The van der Waals surface area contributed by atoms with Gasteiger partial charge in [0.05, 0.1) is 0 Å². The van der Waals surface area contributed by atoms with Crippen LogP contribution in [-0.4, -0.2) is 48.1 Å². The molecule has 0 fully saturated rings. The van der Waals surface area contributed by atoms with Gasteiger partial charge in [0.25, 0.3) is 0 Å². The van der Waals surface area contributed by atoms with E-state index in [0.29, 0.717) is 13.0 Å². The SMILES string of the molecule is CCN(C)C(=O)C(C)NC(=O)CCCO. The van der Waals surface area contributed by atoms with Crippen LogP contribution in [0.1, 0.15) is 26.7 Å². The summed E-state index contributed by atoms with van der Waals surface area (Å²) in [7, 11) is 1.69. The number of nitrogens with one attached hydrogen (secondary N) is 1. The number of nitrogens with zero attached hydrogens (tertiary/aromatic N) is 1. The lowest BCUT2D eigenvalue weighted by atomic mass is 10.2. The molecule has 0 saturated carbocycles. The van der Waals surface area contributed by atoms with Crippen molar-refractivity contribution < 1.29 is 14.7 Å². The Hall–Kier alpha value is -1.10. The highest BCUT2D eigenvalue weighted by Gasteiger charge is 2.17. The lowest BCUT2D eigenvalue weighted by Crippen LogP contribution is -2.45. The Bertz CT molecular complexity index is 219. The molecule has 5 nitrogen and oxygen atoms in total. The maximum atomic E-state index is 11.5. The summed E-state index contributed by atoms with van der Waals surface area (Å²) >= 11 is 0. The third-order valence-electron chi connectivity index (χ3n) is 2.16. The molecule has 0 bridgehead atoms. The van der Waals surface area contributed by atoms with Crippen LogP contribution in [0, 0.1) is 0 Å². The predicted octanol–water partition coefficient (Wildman–Crippen LogP) is -0.258. The topological polar surface area (TPSA) is 69.6 Å². The Balaban J connectivity index is 3.96. The van der Waals surface area contributed by atoms with Gasteiger partial charge in [-0.2, -0.15) is 0 Å². The van der Waals surface area contributed by atoms with Gasteiger partial charge in [0.15, 0.2) is 0 Å². The summed E-state index contributed by atoms with van der Waals surface area (Å²) in [6.07, 6.45) is 0.681. The number of amides is 2. The molecule has 0 aliphatic carbocycles. The van der Waals surface area contributed by atoms with Crippen LogP contribution in [0.25, 0.3) is 0 Å². The standard InChI is InChI=1S/C10H20N2O3/c1-4-12(3)10(15)8(2)11-9(14)6-5-7-13/h8,13H,4-7H2,1-3H3,(H,11,14). The second-order valence-corrected chi connectivity index (χ2v) is 3.47. The smallest absolute Gasteiger partial charge is 0.244 e. The van der Waals surface area contributed by atoms with Crippen molar-refractivity contribution in [3.63, 3.8) is 0 Å². The molecule has 1 unspecified atom stereocenters. The van der Waals surface area contributed by atoms with E-state index in [1.165, 1.54) is 0 Å². The van der Waals surface area contributed by atoms with Gasteiger partial charge in [0.1, 0.15) is 6.04 Å². The van der Waals surface area contributed by atoms with E-state index in [1.54, 1.807) is 18.9 Å². The Labute approximate surface area is 90.5 Å². The molecule has 0 aromatic carbocycles. The second-order valence-electron chi connectivity index (χ2n) is 3.47. The molecule has 0 heterocycles. The van der Waals surface area contributed by atoms with E-state index in [9.17, 15) is 9.59 Å². The molecule has 0 aromatic rings. The van der Waals surface area contributed by atoms with Gasteiger partial charge in [-0.1, -0.05) is 0 Å². The number of hydrogen-bond donors (Lipinski definition) is 2. The van der Waals surface area contributed by atoms with E-state index in [-0.39, 0.29) is 24.8 Å². The van der Waals surface area contributed by atoms with Crippen LogP contribution in [0.4, 0.5) is 0 Å². The summed E-state index contributed by atoms with van der Waals surface area (Å²) in [6, 6.07) is -0.499. The molecule has 2 amide bonds. The molecule has 0 aliphatic heterocycles. The average Bonchev–Trinajstić information content (AvgIpc) is 2.23. The van der Waals surface area contributed by atoms with Crippen molar-refractivity contribution >= 4 is 11.8 Å². The molecule has 0 spiro atoms. The molecular weight excluding hydrogens is 196 g/mol. The quantitative estimate of drug-likeness (QED) is 0.643. The van der Waals surface area contributed by atoms with Crippen molar-refractivity contribution in [1.29, 1.82) is 0 Å². The first-order chi connectivity index (χ1) is 7.02. The molecule has 0 aromatic heterocycles. The highest BCUT2D eigenvalue weighted by atomic mass is 16.3. The van der Waals surface area contributed by atoms with Crippen molar-refractivity contribution in [2.24, 2.45) is 0 Å². The molecule has 0 rings (SSSR count). The first-order valence-electron chi connectivity index (χ1n) is 5.18. The summed E-state index contributed by atoms with van der Waals surface area (Å²) in [5.74, 6) is -0.302. The van der Waals surface area contributed by atoms with Crippen LogP contribution in [0.15, 0.2) is 0 Å². The highest BCUT2D eigenvalue weighted by molar-refractivity contribution is 5.87. The molecular formula is C10H20N2O3. The van der Waals surface area contributed by atoms with Crippen molar-refractivity contribution in [2.45, 2.75) is 32.7 Å². The normalized spacial score (nSPS) is 12.0. The van der Waals surface area contributed by atoms with E-state index in [2.05, 4.69) is 5.32 Å². The minimum atomic E-state index is -0.499. The molecule has 0 saturated heterocycles. The molecule has 1 atom stereocenters. The van der Waals surface area contributed by atoms with Crippen molar-refractivity contribution in [3.8, 4) is 0 Å². The monoisotopic (exact) mass is 216 g/mol. The fraction of sp³-hybridized carbons (Fsp3) is 0.800. The lowest BCUT2D eigenvalue weighted by Gasteiger charge is -2.20. The first kappa shape index (κ1) is 13.9. The van der Waals surface area contributed by atoms with E-state index in [1.807, 2.05) is 6.92 Å². The number of aliphatic hydroxyl groups is 1. The van der Waals surface area contributed by atoms with Gasteiger partial charge in [-0.15, -0.1) is 0 Å². The Morgan fingerprint density at radius 2 is 2.07 bits per heavy atom. The van der Waals surface area contributed by atoms with E-state index < -0.39 is 6.04 Å². The van der Waals surface area contributed by atoms with Crippen LogP contribution >= 0.6 is 0 Å². The Kier molecular flexibility index (Phi) is 6.70. The minimum Gasteiger partial charge on any atom is -0.396 e. The molecule has 0 aliphatic rings. The number of hydrogen-bond acceptors (Lipinski definition) is 3. The van der Waals surface area contributed by atoms with Crippen molar-refractivity contribution in [1.82, 2.24) is 10.2 Å². The Morgan fingerprint density at radius 3 is 2.53 bits per heavy atom. The zero-order valence-corrected chi connectivity index (χ0v) is 9.62. The van der Waals surface area contributed by atoms with E-state index in [4.69, 9.17) is 5.11 Å². The largest absolute Gasteiger partial charge is 0.396 e. The van der Waals surface area contributed by atoms with Gasteiger partial charge in [-0.25, -0.2) is 0 Å². The fourth-order valence-corrected chi connectivity index (χ4v) is 1.10. The number of aliphatic hydroxyl groups excluding tert-OH is 1. The summed E-state index contributed by atoms with van der Waals surface area (Å²) in [6.45, 7) is 4.14. The predicted molar refractivity (Wildman–Crippen MR) is 57.2 cm³/mol. The molecule has 88 valence electrons. The fourth-order valence-electron chi connectivity index (χ4n) is 1.10. The van der Waals surface area contributed by atoms with Gasteiger partial charge in [0.2, 0.25) is 11.8 Å². The van der Waals surface area contributed by atoms with Crippen LogP contribution in [0.2, 0.25) is 0 Å². The Morgan fingerprint density at radius 1 is 1.47 bits per heavy atom. The number of likely N-dealkylation sites (N-methyl/N-ethyl adjacent to an activating group) is 1. The van der Waals surface area contributed by atoms with Crippen molar-refractivity contribution in [2.75, 3.05) is 20.2 Å².